The second-order valence-electron chi connectivity index (χ2n) is 8.28. The summed E-state index contributed by atoms with van der Waals surface area (Å²) >= 11 is 0. The third kappa shape index (κ3) is 4.87. The van der Waals surface area contributed by atoms with Crippen molar-refractivity contribution < 1.29 is 13.2 Å². The Balaban J connectivity index is 1.89. The Kier molecular flexibility index (Phi) is 6.99. The molecule has 1 amide bonds. The monoisotopic (exact) mass is 407 g/mol. The maximum absolute atomic E-state index is 13.1. The number of benzene rings is 1. The third-order valence-corrected chi connectivity index (χ3v) is 7.51. The minimum absolute atomic E-state index is 0.182. The lowest BCUT2D eigenvalue weighted by Crippen LogP contribution is -2.36. The molecule has 2 saturated heterocycles. The lowest BCUT2D eigenvalue weighted by Gasteiger charge is -2.27. The number of nitrogens with one attached hydrogen (secondary N) is 1. The summed E-state index contributed by atoms with van der Waals surface area (Å²) in [5.74, 6) is 0.322. The molecule has 156 valence electrons. The predicted molar refractivity (Wildman–Crippen MR) is 112 cm³/mol. The smallest absolute Gasteiger partial charge is 0.253 e. The van der Waals surface area contributed by atoms with Gasteiger partial charge in [-0.3, -0.25) is 4.79 Å². The van der Waals surface area contributed by atoms with Crippen LogP contribution in [0.1, 0.15) is 62.7 Å². The normalized spacial score (nSPS) is 18.6. The van der Waals surface area contributed by atoms with Gasteiger partial charge in [0.2, 0.25) is 10.0 Å². The van der Waals surface area contributed by atoms with Crippen molar-refractivity contribution in [2.24, 2.45) is 5.92 Å². The van der Waals surface area contributed by atoms with E-state index in [-0.39, 0.29) is 10.8 Å². The molecule has 0 bridgehead atoms. The van der Waals surface area contributed by atoms with Crippen molar-refractivity contribution in [1.29, 1.82) is 0 Å². The Bertz CT molecular complexity index is 780. The van der Waals surface area contributed by atoms with Crippen LogP contribution in [0.15, 0.2) is 23.1 Å². The summed E-state index contributed by atoms with van der Waals surface area (Å²) in [6, 6.07) is 5.07. The zero-order chi connectivity index (χ0) is 20.1. The summed E-state index contributed by atoms with van der Waals surface area (Å²) in [7, 11) is -3.56. The highest BCUT2D eigenvalue weighted by atomic mass is 32.2. The van der Waals surface area contributed by atoms with Crippen LogP contribution in [-0.4, -0.2) is 51.4 Å². The number of hydrogen-bond donors (Lipinski definition) is 1. The number of amides is 1. The molecule has 7 heteroatoms. The molecule has 28 heavy (non-hydrogen) atoms. The van der Waals surface area contributed by atoms with Crippen molar-refractivity contribution in [3.63, 3.8) is 0 Å². The molecule has 0 unspecified atom stereocenters. The molecular formula is C21H33N3O3S. The van der Waals surface area contributed by atoms with Gasteiger partial charge in [-0.15, -0.1) is 0 Å². The maximum Gasteiger partial charge on any atom is 0.253 e. The van der Waals surface area contributed by atoms with E-state index in [1.165, 1.54) is 0 Å². The Hall–Kier alpha value is -1.60. The van der Waals surface area contributed by atoms with Gasteiger partial charge in [-0.1, -0.05) is 20.3 Å². The molecule has 2 fully saturated rings. The van der Waals surface area contributed by atoms with Gasteiger partial charge in [-0.2, -0.15) is 4.31 Å². The molecular weight excluding hydrogens is 374 g/mol. The molecule has 0 aromatic heterocycles. The van der Waals surface area contributed by atoms with Gasteiger partial charge in [0, 0.05) is 38.4 Å². The zero-order valence-corrected chi connectivity index (χ0v) is 17.9. The molecule has 6 nitrogen and oxygen atoms in total. The van der Waals surface area contributed by atoms with Gasteiger partial charge in [-0.05, 0) is 56.2 Å². The van der Waals surface area contributed by atoms with E-state index < -0.39 is 10.0 Å². The van der Waals surface area contributed by atoms with E-state index in [4.69, 9.17) is 0 Å². The Morgan fingerprint density at radius 1 is 1.04 bits per heavy atom. The van der Waals surface area contributed by atoms with Gasteiger partial charge in [0.25, 0.3) is 5.91 Å². The molecule has 2 aliphatic heterocycles. The van der Waals surface area contributed by atoms with Crippen LogP contribution in [0.3, 0.4) is 0 Å². The largest absolute Gasteiger partial charge is 0.371 e. The van der Waals surface area contributed by atoms with E-state index in [0.717, 1.165) is 57.3 Å². The standard InChI is InChI=1S/C21H33N3O3S/c1-17(2)10-11-22-21(25)19-16-18(8-9-20(19)23-12-6-7-13-23)28(26,27)24-14-4-3-5-15-24/h8-9,16-17H,3-7,10-15H2,1-2H3,(H,22,25). The molecule has 1 N–H and O–H groups in total. The van der Waals surface area contributed by atoms with Gasteiger partial charge in [0.1, 0.15) is 0 Å². The number of carbonyl (C=O) groups excluding carboxylic acids is 1. The van der Waals surface area contributed by atoms with E-state index in [9.17, 15) is 13.2 Å². The molecule has 0 spiro atoms. The molecule has 3 rings (SSSR count). The quantitative estimate of drug-likeness (QED) is 0.753. The average molecular weight is 408 g/mol. The second-order valence-corrected chi connectivity index (χ2v) is 10.2. The van der Waals surface area contributed by atoms with E-state index in [1.54, 1.807) is 16.4 Å². The highest BCUT2D eigenvalue weighted by Crippen LogP contribution is 2.29. The van der Waals surface area contributed by atoms with Crippen molar-refractivity contribution in [3.8, 4) is 0 Å². The molecule has 0 radical (unpaired) electrons. The van der Waals surface area contributed by atoms with E-state index >= 15 is 0 Å². The number of hydrogen-bond acceptors (Lipinski definition) is 4. The maximum atomic E-state index is 13.1. The lowest BCUT2D eigenvalue weighted by atomic mass is 10.1. The summed E-state index contributed by atoms with van der Waals surface area (Å²) in [6.45, 7) is 7.77. The van der Waals surface area contributed by atoms with Gasteiger partial charge in [-0.25, -0.2) is 8.42 Å². The fourth-order valence-electron chi connectivity index (χ4n) is 3.92. The van der Waals surface area contributed by atoms with Gasteiger partial charge in [0.05, 0.1) is 10.5 Å². The number of anilines is 1. The van der Waals surface area contributed by atoms with Crippen molar-refractivity contribution in [3.05, 3.63) is 23.8 Å². The summed E-state index contributed by atoms with van der Waals surface area (Å²) in [5, 5.41) is 2.98. The second kappa shape index (κ2) is 9.27. The molecule has 2 heterocycles. The Morgan fingerprint density at radius 3 is 2.32 bits per heavy atom. The Labute approximate surface area is 169 Å². The van der Waals surface area contributed by atoms with Crippen LogP contribution < -0.4 is 10.2 Å². The molecule has 0 aliphatic carbocycles. The van der Waals surface area contributed by atoms with Crippen LogP contribution in [-0.2, 0) is 10.0 Å². The number of rotatable bonds is 7. The summed E-state index contributed by atoms with van der Waals surface area (Å²) in [4.78, 5) is 15.3. The minimum atomic E-state index is -3.56. The summed E-state index contributed by atoms with van der Waals surface area (Å²) in [5.41, 5.74) is 1.32. The summed E-state index contributed by atoms with van der Waals surface area (Å²) in [6.07, 6.45) is 5.96. The Morgan fingerprint density at radius 2 is 1.68 bits per heavy atom. The van der Waals surface area contributed by atoms with Gasteiger partial charge in [0.15, 0.2) is 0 Å². The third-order valence-electron chi connectivity index (χ3n) is 5.62. The first-order chi connectivity index (χ1) is 13.4. The van der Waals surface area contributed by atoms with Crippen LogP contribution in [0.4, 0.5) is 5.69 Å². The fourth-order valence-corrected chi connectivity index (χ4v) is 5.46. The fraction of sp³-hybridized carbons (Fsp3) is 0.667. The highest BCUT2D eigenvalue weighted by Gasteiger charge is 2.28. The van der Waals surface area contributed by atoms with Crippen molar-refractivity contribution >= 4 is 21.6 Å². The molecule has 0 saturated carbocycles. The SMILES string of the molecule is CC(C)CCNC(=O)c1cc(S(=O)(=O)N2CCCCC2)ccc1N1CCCC1. The minimum Gasteiger partial charge on any atom is -0.371 e. The lowest BCUT2D eigenvalue weighted by molar-refractivity contribution is 0.0952. The highest BCUT2D eigenvalue weighted by molar-refractivity contribution is 7.89. The van der Waals surface area contributed by atoms with Gasteiger partial charge < -0.3 is 10.2 Å². The van der Waals surface area contributed by atoms with Crippen molar-refractivity contribution in [1.82, 2.24) is 9.62 Å². The average Bonchev–Trinajstić information content (AvgIpc) is 3.22. The molecule has 2 aliphatic rings. The van der Waals surface area contributed by atoms with Crippen molar-refractivity contribution in [2.45, 2.75) is 57.3 Å². The van der Waals surface area contributed by atoms with Crippen LogP contribution >= 0.6 is 0 Å². The molecule has 1 aromatic rings. The number of sulfonamides is 1. The zero-order valence-electron chi connectivity index (χ0n) is 17.1. The first-order valence-corrected chi connectivity index (χ1v) is 12.0. The number of piperidine rings is 1. The number of nitrogens with zero attached hydrogens (tertiary/aromatic N) is 2. The first-order valence-electron chi connectivity index (χ1n) is 10.6. The summed E-state index contributed by atoms with van der Waals surface area (Å²) < 4.78 is 27.7. The van der Waals surface area contributed by atoms with E-state index in [0.29, 0.717) is 31.1 Å². The van der Waals surface area contributed by atoms with Crippen LogP contribution in [0, 0.1) is 5.92 Å². The van der Waals surface area contributed by atoms with Crippen LogP contribution in [0.2, 0.25) is 0 Å². The molecule has 1 aromatic carbocycles. The predicted octanol–water partition coefficient (Wildman–Crippen LogP) is 3.24. The van der Waals surface area contributed by atoms with Crippen LogP contribution in [0.25, 0.3) is 0 Å². The molecule has 0 atom stereocenters. The van der Waals surface area contributed by atoms with Gasteiger partial charge >= 0.3 is 0 Å². The topological polar surface area (TPSA) is 69.7 Å². The van der Waals surface area contributed by atoms with E-state index in [2.05, 4.69) is 24.1 Å². The van der Waals surface area contributed by atoms with Crippen LogP contribution in [0.5, 0.6) is 0 Å². The van der Waals surface area contributed by atoms with Crippen molar-refractivity contribution in [2.75, 3.05) is 37.6 Å². The first kappa shape index (κ1) is 21.1. The van der Waals surface area contributed by atoms with E-state index in [1.807, 2.05) is 6.07 Å². The number of carbonyl (C=O) groups is 1.